The van der Waals surface area contributed by atoms with Gasteiger partial charge in [-0.2, -0.15) is 5.10 Å². The van der Waals surface area contributed by atoms with Crippen molar-refractivity contribution in [1.29, 1.82) is 0 Å². The molecule has 0 heterocycles. The van der Waals surface area contributed by atoms with Crippen molar-refractivity contribution in [3.05, 3.63) is 48.0 Å². The highest BCUT2D eigenvalue weighted by molar-refractivity contribution is 5.84. The fraction of sp³-hybridized carbons (Fsp3) is 0.300. The fourth-order valence-electron chi connectivity index (χ4n) is 2.23. The average Bonchev–Trinajstić information content (AvgIpc) is 2.69. The number of carbonyl (C=O) groups is 1. The maximum atomic E-state index is 12.1. The Hall–Kier alpha value is -3.22. The van der Waals surface area contributed by atoms with E-state index in [2.05, 4.69) is 10.5 Å². The molecule has 27 heavy (non-hydrogen) atoms. The molecule has 0 radical (unpaired) electrons. The van der Waals surface area contributed by atoms with Crippen molar-refractivity contribution >= 4 is 12.1 Å². The van der Waals surface area contributed by atoms with Crippen molar-refractivity contribution in [3.8, 4) is 23.0 Å². The molecule has 0 aliphatic heterocycles. The van der Waals surface area contributed by atoms with Crippen molar-refractivity contribution in [2.45, 2.75) is 20.0 Å². The molecule has 2 rings (SSSR count). The van der Waals surface area contributed by atoms with Gasteiger partial charge in [0.25, 0.3) is 5.91 Å². The number of hydrazone groups is 1. The predicted molar refractivity (Wildman–Crippen MR) is 103 cm³/mol. The molecule has 7 nitrogen and oxygen atoms in total. The molecule has 1 N–H and O–H groups in total. The Morgan fingerprint density at radius 1 is 1.11 bits per heavy atom. The van der Waals surface area contributed by atoms with Crippen LogP contribution in [0.5, 0.6) is 23.0 Å². The highest BCUT2D eigenvalue weighted by Crippen LogP contribution is 2.27. The van der Waals surface area contributed by atoms with Crippen LogP contribution in [0.2, 0.25) is 0 Å². The van der Waals surface area contributed by atoms with Gasteiger partial charge >= 0.3 is 0 Å². The Labute approximate surface area is 158 Å². The Balaban J connectivity index is 1.93. The summed E-state index contributed by atoms with van der Waals surface area (Å²) in [6.07, 6.45) is 0.804. The Morgan fingerprint density at radius 3 is 2.59 bits per heavy atom. The normalized spacial score (nSPS) is 11.7. The van der Waals surface area contributed by atoms with Crippen LogP contribution < -0.4 is 24.4 Å². The number of nitrogens with zero attached hydrogens (tertiary/aromatic N) is 1. The van der Waals surface area contributed by atoms with Crippen molar-refractivity contribution < 1.29 is 23.7 Å². The first-order valence-corrected chi connectivity index (χ1v) is 8.51. The lowest BCUT2D eigenvalue weighted by Crippen LogP contribution is -2.33. The van der Waals surface area contributed by atoms with E-state index in [0.29, 0.717) is 29.6 Å². The van der Waals surface area contributed by atoms with E-state index >= 15 is 0 Å². The van der Waals surface area contributed by atoms with E-state index < -0.39 is 6.10 Å². The predicted octanol–water partition coefficient (Wildman–Crippen LogP) is 3.02. The highest BCUT2D eigenvalue weighted by atomic mass is 16.5. The number of methoxy groups -OCH3 is 2. The maximum Gasteiger partial charge on any atom is 0.280 e. The van der Waals surface area contributed by atoms with E-state index in [-0.39, 0.29) is 5.91 Å². The van der Waals surface area contributed by atoms with Crippen LogP contribution in [-0.2, 0) is 4.79 Å². The summed E-state index contributed by atoms with van der Waals surface area (Å²) in [7, 11) is 3.14. The Bertz CT molecular complexity index is 792. The lowest BCUT2D eigenvalue weighted by Gasteiger charge is -2.13. The molecule has 1 atom stereocenters. The van der Waals surface area contributed by atoms with Gasteiger partial charge in [-0.25, -0.2) is 5.43 Å². The van der Waals surface area contributed by atoms with Crippen LogP contribution in [-0.4, -0.2) is 39.1 Å². The molecule has 0 saturated carbocycles. The summed E-state index contributed by atoms with van der Waals surface area (Å²) in [5, 5.41) is 3.96. The third kappa shape index (κ3) is 5.91. The van der Waals surface area contributed by atoms with E-state index in [4.69, 9.17) is 18.9 Å². The first-order valence-electron chi connectivity index (χ1n) is 8.51. The Morgan fingerprint density at radius 2 is 1.89 bits per heavy atom. The third-order valence-electron chi connectivity index (χ3n) is 3.60. The summed E-state index contributed by atoms with van der Waals surface area (Å²) in [5.41, 5.74) is 3.22. The van der Waals surface area contributed by atoms with Gasteiger partial charge < -0.3 is 18.9 Å². The summed E-state index contributed by atoms with van der Waals surface area (Å²) >= 11 is 0. The maximum absolute atomic E-state index is 12.1. The first kappa shape index (κ1) is 20.1. The van der Waals surface area contributed by atoms with Gasteiger partial charge in [-0.15, -0.1) is 0 Å². The monoisotopic (exact) mass is 372 g/mol. The largest absolute Gasteiger partial charge is 0.497 e. The molecule has 2 aromatic carbocycles. The van der Waals surface area contributed by atoms with Crippen molar-refractivity contribution in [2.24, 2.45) is 5.10 Å². The minimum atomic E-state index is -0.718. The summed E-state index contributed by atoms with van der Waals surface area (Å²) in [6.45, 7) is 4.09. The quantitative estimate of drug-likeness (QED) is 0.541. The van der Waals surface area contributed by atoms with Crippen LogP contribution in [0.4, 0.5) is 0 Å². The molecule has 0 spiro atoms. The summed E-state index contributed by atoms with van der Waals surface area (Å²) in [5.74, 6) is 2.08. The van der Waals surface area contributed by atoms with Crippen LogP contribution in [0.15, 0.2) is 47.6 Å². The molecule has 0 saturated heterocycles. The number of ether oxygens (including phenoxy) is 4. The third-order valence-corrected chi connectivity index (χ3v) is 3.60. The molecular formula is C20H24N2O5. The van der Waals surface area contributed by atoms with E-state index in [0.717, 1.165) is 5.56 Å². The van der Waals surface area contributed by atoms with E-state index in [9.17, 15) is 4.79 Å². The van der Waals surface area contributed by atoms with Crippen LogP contribution in [0.25, 0.3) is 0 Å². The molecule has 1 unspecified atom stereocenters. The van der Waals surface area contributed by atoms with Gasteiger partial charge in [0.05, 0.1) is 27.0 Å². The SMILES string of the molecule is CCOc1ccc(/C=N/NC(=O)C(C)Oc2cccc(OC)c2)cc1OC. The van der Waals surface area contributed by atoms with Crippen molar-refractivity contribution in [1.82, 2.24) is 5.43 Å². The lowest BCUT2D eigenvalue weighted by molar-refractivity contribution is -0.127. The number of rotatable bonds is 9. The molecule has 0 aromatic heterocycles. The van der Waals surface area contributed by atoms with Gasteiger partial charge in [0.15, 0.2) is 17.6 Å². The average molecular weight is 372 g/mol. The van der Waals surface area contributed by atoms with Gasteiger partial charge in [0.1, 0.15) is 11.5 Å². The van der Waals surface area contributed by atoms with E-state index in [1.807, 2.05) is 13.0 Å². The number of hydrogen-bond donors (Lipinski definition) is 1. The number of carbonyl (C=O) groups excluding carboxylic acids is 1. The van der Waals surface area contributed by atoms with Crippen LogP contribution >= 0.6 is 0 Å². The topological polar surface area (TPSA) is 78.4 Å². The summed E-state index contributed by atoms with van der Waals surface area (Å²) < 4.78 is 21.5. The molecular weight excluding hydrogens is 348 g/mol. The Kier molecular flexibility index (Phi) is 7.49. The van der Waals surface area contributed by atoms with E-state index in [1.54, 1.807) is 57.5 Å². The second kappa shape index (κ2) is 10.1. The molecule has 2 aromatic rings. The number of benzene rings is 2. The fourth-order valence-corrected chi connectivity index (χ4v) is 2.23. The van der Waals surface area contributed by atoms with Gasteiger partial charge in [-0.05, 0) is 49.7 Å². The zero-order chi connectivity index (χ0) is 19.6. The molecule has 7 heteroatoms. The minimum Gasteiger partial charge on any atom is -0.497 e. The lowest BCUT2D eigenvalue weighted by atomic mass is 10.2. The zero-order valence-corrected chi connectivity index (χ0v) is 15.9. The van der Waals surface area contributed by atoms with Crippen molar-refractivity contribution in [2.75, 3.05) is 20.8 Å². The van der Waals surface area contributed by atoms with Gasteiger partial charge in [-0.3, -0.25) is 4.79 Å². The molecule has 0 bridgehead atoms. The van der Waals surface area contributed by atoms with Crippen LogP contribution in [0.1, 0.15) is 19.4 Å². The summed E-state index contributed by atoms with van der Waals surface area (Å²) in [4.78, 5) is 12.1. The number of amides is 1. The molecule has 0 fully saturated rings. The second-order valence-corrected chi connectivity index (χ2v) is 5.52. The van der Waals surface area contributed by atoms with Gasteiger partial charge in [-0.1, -0.05) is 6.07 Å². The molecule has 0 aliphatic rings. The molecule has 0 aliphatic carbocycles. The second-order valence-electron chi connectivity index (χ2n) is 5.52. The molecule has 144 valence electrons. The standard InChI is InChI=1S/C20H24N2O5/c1-5-26-18-10-9-15(11-19(18)25-4)13-21-22-20(23)14(2)27-17-8-6-7-16(12-17)24-3/h6-14H,5H2,1-4H3,(H,22,23)/b21-13+. The zero-order valence-electron chi connectivity index (χ0n) is 15.9. The van der Waals surface area contributed by atoms with Crippen LogP contribution in [0, 0.1) is 0 Å². The highest BCUT2D eigenvalue weighted by Gasteiger charge is 2.14. The first-order chi connectivity index (χ1) is 13.1. The summed E-state index contributed by atoms with van der Waals surface area (Å²) in [6, 6.07) is 12.4. The van der Waals surface area contributed by atoms with Gasteiger partial charge in [0, 0.05) is 6.07 Å². The van der Waals surface area contributed by atoms with Crippen molar-refractivity contribution in [3.63, 3.8) is 0 Å². The van der Waals surface area contributed by atoms with Crippen LogP contribution in [0.3, 0.4) is 0 Å². The van der Waals surface area contributed by atoms with Gasteiger partial charge in [0.2, 0.25) is 0 Å². The number of hydrogen-bond acceptors (Lipinski definition) is 6. The van der Waals surface area contributed by atoms with E-state index in [1.165, 1.54) is 6.21 Å². The smallest absolute Gasteiger partial charge is 0.280 e. The molecule has 1 amide bonds. The number of nitrogens with one attached hydrogen (secondary N) is 1. The minimum absolute atomic E-state index is 0.369.